The van der Waals surface area contributed by atoms with Crippen LogP contribution in [0.25, 0.3) is 0 Å². The molecule has 0 heteroatoms. The molecule has 1 unspecified atom stereocenters. The summed E-state index contributed by atoms with van der Waals surface area (Å²) in [4.78, 5) is 0. The predicted octanol–water partition coefficient (Wildman–Crippen LogP) is 4.50. The molecule has 0 amide bonds. The first kappa shape index (κ1) is 17.6. The zero-order valence-electron chi connectivity index (χ0n) is 9.56. The van der Waals surface area contributed by atoms with Crippen molar-refractivity contribution in [1.82, 2.24) is 0 Å². The molecular formula is C12H26. The summed E-state index contributed by atoms with van der Waals surface area (Å²) in [7, 11) is 0. The maximum Gasteiger partial charge on any atom is -0.0446 e. The maximum atomic E-state index is 4.00. The van der Waals surface area contributed by atoms with Gasteiger partial charge in [0.05, 0.1) is 0 Å². The lowest BCUT2D eigenvalue weighted by Crippen LogP contribution is -1.88. The lowest BCUT2D eigenvalue weighted by Gasteiger charge is -2.02. The Labute approximate surface area is 79.8 Å². The molecule has 1 atom stereocenters. The van der Waals surface area contributed by atoms with Crippen LogP contribution in [-0.4, -0.2) is 0 Å². The van der Waals surface area contributed by atoms with Gasteiger partial charge in [0.2, 0.25) is 0 Å². The quantitative estimate of drug-likeness (QED) is 0.547. The summed E-state index contributed by atoms with van der Waals surface area (Å²) in [6, 6.07) is 0. The highest BCUT2D eigenvalue weighted by molar-refractivity contribution is 4.47. The first-order valence-electron chi connectivity index (χ1n) is 5.06. The Bertz CT molecular complexity index is 61.7. The van der Waals surface area contributed by atoms with E-state index in [1.165, 1.54) is 25.7 Å². The van der Waals surface area contributed by atoms with Gasteiger partial charge in [-0.2, -0.15) is 0 Å². The monoisotopic (exact) mass is 170 g/mol. The normalized spacial score (nSPS) is 9.92. The number of terminal acetylenes is 1. The van der Waals surface area contributed by atoms with Crippen LogP contribution in [0.5, 0.6) is 0 Å². The Balaban J connectivity index is -0.000000137. The number of hydrogen-bond donors (Lipinski definition) is 0. The molecule has 0 N–H and O–H groups in total. The minimum Gasteiger partial charge on any atom is -0.124 e. The summed E-state index contributed by atoms with van der Waals surface area (Å²) < 4.78 is 0. The highest BCUT2D eigenvalue weighted by Gasteiger charge is 1.92. The third kappa shape index (κ3) is 33.7. The topological polar surface area (TPSA) is 0 Å². The minimum atomic E-state index is 0.949. The van der Waals surface area contributed by atoms with Crippen molar-refractivity contribution in [2.75, 3.05) is 0 Å². The van der Waals surface area contributed by atoms with Crippen LogP contribution in [0.2, 0.25) is 0 Å². The van der Waals surface area contributed by atoms with E-state index < -0.39 is 0 Å². The van der Waals surface area contributed by atoms with Crippen LogP contribution in [0.15, 0.2) is 0 Å². The lowest BCUT2D eigenvalue weighted by molar-refractivity contribution is 0.509. The van der Waals surface area contributed by atoms with E-state index in [0.717, 1.165) is 5.92 Å². The zero-order chi connectivity index (χ0) is 10.4. The van der Waals surface area contributed by atoms with E-state index in [1.807, 2.05) is 0 Å². The zero-order valence-corrected chi connectivity index (χ0v) is 9.56. The molecule has 0 aromatic rings. The molecule has 0 nitrogen and oxygen atoms in total. The molecule has 0 saturated heterocycles. The highest BCUT2D eigenvalue weighted by Crippen LogP contribution is 2.07. The van der Waals surface area contributed by atoms with Crippen molar-refractivity contribution in [2.45, 2.75) is 60.3 Å². The molecule has 0 aromatic heterocycles. The first-order chi connectivity index (χ1) is 5.72. The lowest BCUT2D eigenvalue weighted by atomic mass is 10.0. The minimum absolute atomic E-state index is 0.949. The second-order valence-electron chi connectivity index (χ2n) is 3.01. The molecular weight excluding hydrogens is 144 g/mol. The smallest absolute Gasteiger partial charge is 0.0446 e. The molecule has 0 fully saturated rings. The van der Waals surface area contributed by atoms with Crippen LogP contribution in [0.3, 0.4) is 0 Å². The van der Waals surface area contributed by atoms with E-state index in [-0.39, 0.29) is 0 Å². The fourth-order valence-corrected chi connectivity index (χ4v) is 0.697. The van der Waals surface area contributed by atoms with E-state index in [4.69, 9.17) is 0 Å². The Morgan fingerprint density at radius 1 is 1.00 bits per heavy atom. The van der Waals surface area contributed by atoms with E-state index in [1.54, 1.807) is 0 Å². The second kappa shape index (κ2) is 22.4. The van der Waals surface area contributed by atoms with Crippen molar-refractivity contribution in [3.63, 3.8) is 0 Å². The van der Waals surface area contributed by atoms with E-state index in [0.29, 0.717) is 0 Å². The van der Waals surface area contributed by atoms with Crippen LogP contribution in [0, 0.1) is 18.8 Å². The second-order valence-corrected chi connectivity index (χ2v) is 3.01. The Hall–Kier alpha value is -0.440. The van der Waals surface area contributed by atoms with E-state index in [2.05, 4.69) is 47.5 Å². The van der Waals surface area contributed by atoms with Gasteiger partial charge in [-0.05, 0) is 5.92 Å². The fraction of sp³-hybridized carbons (Fsp3) is 0.833. The summed E-state index contributed by atoms with van der Waals surface area (Å²) in [5, 5.41) is 0. The molecule has 0 aliphatic rings. The van der Waals surface area contributed by atoms with Gasteiger partial charge in [-0.25, -0.2) is 0 Å². The highest BCUT2D eigenvalue weighted by atomic mass is 14.0. The van der Waals surface area contributed by atoms with Crippen LogP contribution in [-0.2, 0) is 0 Å². The Morgan fingerprint density at radius 2 is 1.33 bits per heavy atom. The van der Waals surface area contributed by atoms with Crippen LogP contribution in [0.1, 0.15) is 60.3 Å². The van der Waals surface area contributed by atoms with E-state index >= 15 is 0 Å². The third-order valence-corrected chi connectivity index (χ3v) is 1.48. The van der Waals surface area contributed by atoms with Gasteiger partial charge in [-0.15, -0.1) is 12.8 Å². The van der Waals surface area contributed by atoms with Crippen molar-refractivity contribution in [3.05, 3.63) is 0 Å². The molecule has 0 bridgehead atoms. The Morgan fingerprint density at radius 3 is 1.42 bits per heavy atom. The van der Waals surface area contributed by atoms with Gasteiger partial charge < -0.3 is 0 Å². The maximum absolute atomic E-state index is 4.00. The van der Waals surface area contributed by atoms with Gasteiger partial charge in [0.1, 0.15) is 0 Å². The van der Waals surface area contributed by atoms with Gasteiger partial charge in [0.25, 0.3) is 0 Å². The van der Waals surface area contributed by atoms with Gasteiger partial charge in [-0.3, -0.25) is 0 Å². The van der Waals surface area contributed by atoms with Gasteiger partial charge in [0, 0.05) is 0 Å². The summed E-state index contributed by atoms with van der Waals surface area (Å²) in [5.41, 5.74) is 0. The van der Waals surface area contributed by atoms with E-state index in [9.17, 15) is 0 Å². The third-order valence-electron chi connectivity index (χ3n) is 1.48. The molecule has 0 radical (unpaired) electrons. The predicted molar refractivity (Wildman–Crippen MR) is 60.2 cm³/mol. The largest absolute Gasteiger partial charge is 0.124 e. The summed E-state index contributed by atoms with van der Waals surface area (Å²) in [6.45, 7) is 11.1. The van der Waals surface area contributed by atoms with Gasteiger partial charge >= 0.3 is 0 Å². The van der Waals surface area contributed by atoms with Gasteiger partial charge in [-0.1, -0.05) is 60.3 Å². The molecule has 0 spiro atoms. The number of rotatable bonds is 3. The standard InChI is InChI=1S/C7H16.C3H8.C2H2/c1-4-6-7(3)5-2;1-3-2;1-2/h7H,4-6H2,1-3H3;3H2,1-2H3;1-2H. The van der Waals surface area contributed by atoms with Crippen molar-refractivity contribution < 1.29 is 0 Å². The van der Waals surface area contributed by atoms with Crippen molar-refractivity contribution in [3.8, 4) is 12.8 Å². The number of hydrogen-bond acceptors (Lipinski definition) is 0. The molecule has 0 rings (SSSR count). The van der Waals surface area contributed by atoms with Crippen molar-refractivity contribution in [1.29, 1.82) is 0 Å². The molecule has 0 aliphatic carbocycles. The first-order valence-corrected chi connectivity index (χ1v) is 5.06. The SMILES string of the molecule is C#C.CCC.CCCC(C)CC. The molecule has 0 aromatic carbocycles. The van der Waals surface area contributed by atoms with Gasteiger partial charge in [0.15, 0.2) is 0 Å². The average Bonchev–Trinajstić information content (AvgIpc) is 2.10. The average molecular weight is 170 g/mol. The molecule has 0 saturated carbocycles. The van der Waals surface area contributed by atoms with Crippen LogP contribution < -0.4 is 0 Å². The van der Waals surface area contributed by atoms with Crippen molar-refractivity contribution >= 4 is 0 Å². The summed E-state index contributed by atoms with van der Waals surface area (Å²) in [5.74, 6) is 0.949. The molecule has 0 heterocycles. The van der Waals surface area contributed by atoms with Crippen molar-refractivity contribution in [2.24, 2.45) is 5.92 Å². The van der Waals surface area contributed by atoms with Crippen LogP contribution >= 0.6 is 0 Å². The molecule has 12 heavy (non-hydrogen) atoms. The molecule has 0 aliphatic heterocycles. The molecule has 74 valence electrons. The Kier molecular flexibility index (Phi) is 32.9. The van der Waals surface area contributed by atoms with Crippen LogP contribution in [0.4, 0.5) is 0 Å². The summed E-state index contributed by atoms with van der Waals surface area (Å²) >= 11 is 0. The summed E-state index contributed by atoms with van der Waals surface area (Å²) in [6.07, 6.45) is 13.3. The fourth-order valence-electron chi connectivity index (χ4n) is 0.697.